The summed E-state index contributed by atoms with van der Waals surface area (Å²) in [6.45, 7) is 3.43. The van der Waals surface area contributed by atoms with Gasteiger partial charge in [0.2, 0.25) is 0 Å². The van der Waals surface area contributed by atoms with Crippen molar-refractivity contribution in [1.82, 2.24) is 0 Å². The second kappa shape index (κ2) is 6.02. The predicted octanol–water partition coefficient (Wildman–Crippen LogP) is 1.94. The number of aliphatic hydroxyl groups is 1. The molecule has 1 aromatic rings. The van der Waals surface area contributed by atoms with Gasteiger partial charge < -0.3 is 10.2 Å². The number of halogens is 1. The van der Waals surface area contributed by atoms with E-state index in [0.717, 1.165) is 6.07 Å². The zero-order valence-corrected chi connectivity index (χ0v) is 12.9. The molecule has 19 heavy (non-hydrogen) atoms. The van der Waals surface area contributed by atoms with Crippen molar-refractivity contribution in [3.63, 3.8) is 0 Å². The van der Waals surface area contributed by atoms with Gasteiger partial charge in [-0.05, 0) is 40.0 Å². The molecule has 5 nitrogen and oxygen atoms in total. The van der Waals surface area contributed by atoms with Crippen molar-refractivity contribution in [1.29, 1.82) is 0 Å². The van der Waals surface area contributed by atoms with Crippen LogP contribution in [0.2, 0.25) is 0 Å². The number of hydrogen-bond acceptors (Lipinski definition) is 4. The Morgan fingerprint density at radius 3 is 2.42 bits per heavy atom. The third-order valence-corrected chi connectivity index (χ3v) is 5.13. The molecule has 0 saturated heterocycles. The average Bonchev–Trinajstić information content (AvgIpc) is 2.27. The molecule has 0 fully saturated rings. The molecule has 1 rings (SSSR count). The maximum atomic E-state index is 12.1. The van der Waals surface area contributed by atoms with E-state index in [4.69, 9.17) is 5.11 Å². The average molecular weight is 351 g/mol. The van der Waals surface area contributed by atoms with Crippen LogP contribution in [-0.4, -0.2) is 36.5 Å². The Labute approximate surface area is 120 Å². The minimum atomic E-state index is -3.71. The van der Waals surface area contributed by atoms with Gasteiger partial charge in [0.15, 0.2) is 9.84 Å². The summed E-state index contributed by atoms with van der Waals surface area (Å²) in [4.78, 5) is 10.9. The molecule has 0 aliphatic heterocycles. The number of carbonyl (C=O) groups is 1. The van der Waals surface area contributed by atoms with Gasteiger partial charge >= 0.3 is 5.97 Å². The minimum absolute atomic E-state index is 0.104. The normalized spacial score (nSPS) is 13.5. The van der Waals surface area contributed by atoms with Gasteiger partial charge in [-0.3, -0.25) is 0 Å². The summed E-state index contributed by atoms with van der Waals surface area (Å²) >= 11 is 3.05. The Balaban J connectivity index is 3.16. The summed E-state index contributed by atoms with van der Waals surface area (Å²) in [5.41, 5.74) is -0.125. The van der Waals surface area contributed by atoms with Crippen LogP contribution in [0.5, 0.6) is 0 Å². The van der Waals surface area contributed by atoms with Gasteiger partial charge in [-0.25, -0.2) is 13.2 Å². The van der Waals surface area contributed by atoms with Crippen molar-refractivity contribution in [2.45, 2.75) is 24.8 Å². The van der Waals surface area contributed by atoms with Gasteiger partial charge in [0.1, 0.15) is 0 Å². The van der Waals surface area contributed by atoms with E-state index in [1.54, 1.807) is 13.8 Å². The number of aromatic carboxylic acids is 1. The summed E-state index contributed by atoms with van der Waals surface area (Å²) in [6, 6.07) is 3.78. The molecule has 0 radical (unpaired) electrons. The largest absolute Gasteiger partial charge is 0.478 e. The van der Waals surface area contributed by atoms with Crippen LogP contribution in [0.3, 0.4) is 0 Å². The molecule has 7 heteroatoms. The Kier molecular flexibility index (Phi) is 5.11. The van der Waals surface area contributed by atoms with Crippen molar-refractivity contribution >= 4 is 31.7 Å². The van der Waals surface area contributed by atoms with Crippen LogP contribution in [0.15, 0.2) is 27.6 Å². The van der Waals surface area contributed by atoms with Crippen molar-refractivity contribution < 1.29 is 23.4 Å². The number of sulfone groups is 1. The molecule has 0 spiro atoms. The van der Waals surface area contributed by atoms with Crippen LogP contribution < -0.4 is 0 Å². The summed E-state index contributed by atoms with van der Waals surface area (Å²) < 4.78 is 24.4. The zero-order valence-electron chi connectivity index (χ0n) is 10.5. The van der Waals surface area contributed by atoms with E-state index in [1.807, 2.05) is 0 Å². The first-order valence-electron chi connectivity index (χ1n) is 5.59. The monoisotopic (exact) mass is 350 g/mol. The van der Waals surface area contributed by atoms with Crippen molar-refractivity contribution in [2.75, 3.05) is 5.75 Å². The third kappa shape index (κ3) is 4.02. The first kappa shape index (κ1) is 16.1. The number of hydrogen-bond donors (Lipinski definition) is 2. The molecular formula is C12H15BrO5S. The van der Waals surface area contributed by atoms with E-state index in [-0.39, 0.29) is 16.4 Å². The first-order valence-corrected chi connectivity index (χ1v) is 8.03. The second-order valence-electron chi connectivity index (χ2n) is 4.54. The van der Waals surface area contributed by atoms with Crippen LogP contribution in [0.4, 0.5) is 0 Å². The SMILES string of the molecule is CC(C)C(O)CS(=O)(=O)c1ccc(Br)c(C(=O)O)c1. The molecule has 0 heterocycles. The molecule has 0 aliphatic carbocycles. The third-order valence-electron chi connectivity index (χ3n) is 2.69. The van der Waals surface area contributed by atoms with Gasteiger partial charge in [-0.1, -0.05) is 13.8 Å². The van der Waals surface area contributed by atoms with E-state index in [2.05, 4.69) is 15.9 Å². The summed E-state index contributed by atoms with van der Waals surface area (Å²) in [6.07, 6.45) is -0.984. The molecule has 1 atom stereocenters. The number of carboxylic acids is 1. The van der Waals surface area contributed by atoms with Crippen molar-refractivity contribution in [3.8, 4) is 0 Å². The molecule has 0 saturated carbocycles. The predicted molar refractivity (Wildman–Crippen MR) is 74.0 cm³/mol. The van der Waals surface area contributed by atoms with Crippen LogP contribution in [0.25, 0.3) is 0 Å². The fraction of sp³-hybridized carbons (Fsp3) is 0.417. The van der Waals surface area contributed by atoms with E-state index in [0.29, 0.717) is 4.47 Å². The summed E-state index contributed by atoms with van der Waals surface area (Å²) in [5, 5.41) is 18.6. The van der Waals surface area contributed by atoms with Gasteiger partial charge in [0, 0.05) is 4.47 Å². The minimum Gasteiger partial charge on any atom is -0.478 e. The second-order valence-corrected chi connectivity index (χ2v) is 7.43. The number of aliphatic hydroxyl groups excluding tert-OH is 1. The lowest BCUT2D eigenvalue weighted by Crippen LogP contribution is -2.25. The van der Waals surface area contributed by atoms with Crippen molar-refractivity contribution in [2.24, 2.45) is 5.92 Å². The Hall–Kier alpha value is -0.920. The summed E-state index contributed by atoms with van der Waals surface area (Å²) in [5.74, 6) is -1.83. The zero-order chi connectivity index (χ0) is 14.8. The molecular weight excluding hydrogens is 336 g/mol. The summed E-state index contributed by atoms with van der Waals surface area (Å²) in [7, 11) is -3.71. The van der Waals surface area contributed by atoms with Gasteiger partial charge in [-0.2, -0.15) is 0 Å². The highest BCUT2D eigenvalue weighted by molar-refractivity contribution is 9.10. The standard InChI is InChI=1S/C12H15BrO5S/c1-7(2)11(14)6-19(17,18)8-3-4-10(13)9(5-8)12(15)16/h3-5,7,11,14H,6H2,1-2H3,(H,15,16). The highest BCUT2D eigenvalue weighted by Crippen LogP contribution is 2.22. The van der Waals surface area contributed by atoms with E-state index in [1.165, 1.54) is 12.1 Å². The Bertz CT molecular complexity index is 580. The van der Waals surface area contributed by atoms with E-state index in [9.17, 15) is 18.3 Å². The lowest BCUT2D eigenvalue weighted by atomic mass is 10.1. The molecule has 0 aliphatic rings. The molecule has 0 amide bonds. The van der Waals surface area contributed by atoms with E-state index < -0.39 is 27.7 Å². The Morgan fingerprint density at radius 2 is 1.95 bits per heavy atom. The number of benzene rings is 1. The van der Waals surface area contributed by atoms with Crippen LogP contribution in [-0.2, 0) is 9.84 Å². The molecule has 0 bridgehead atoms. The quantitative estimate of drug-likeness (QED) is 0.846. The smallest absolute Gasteiger partial charge is 0.336 e. The van der Waals surface area contributed by atoms with E-state index >= 15 is 0 Å². The Morgan fingerprint density at radius 1 is 1.37 bits per heavy atom. The van der Waals surface area contributed by atoms with Gasteiger partial charge in [0.25, 0.3) is 0 Å². The molecule has 1 unspecified atom stereocenters. The lowest BCUT2D eigenvalue weighted by molar-refractivity contribution is 0.0695. The topological polar surface area (TPSA) is 91.7 Å². The molecule has 106 valence electrons. The lowest BCUT2D eigenvalue weighted by Gasteiger charge is -2.14. The van der Waals surface area contributed by atoms with Crippen LogP contribution >= 0.6 is 15.9 Å². The first-order chi connectivity index (χ1) is 8.65. The number of rotatable bonds is 5. The molecule has 2 N–H and O–H groups in total. The maximum absolute atomic E-state index is 12.1. The molecule has 0 aromatic heterocycles. The van der Waals surface area contributed by atoms with Crippen LogP contribution in [0.1, 0.15) is 24.2 Å². The highest BCUT2D eigenvalue weighted by Gasteiger charge is 2.23. The van der Waals surface area contributed by atoms with Crippen LogP contribution in [0, 0.1) is 5.92 Å². The molecule has 1 aromatic carbocycles. The van der Waals surface area contributed by atoms with Gasteiger partial charge in [-0.15, -0.1) is 0 Å². The van der Waals surface area contributed by atoms with Crippen molar-refractivity contribution in [3.05, 3.63) is 28.2 Å². The maximum Gasteiger partial charge on any atom is 0.336 e. The fourth-order valence-electron chi connectivity index (χ4n) is 1.38. The number of carboxylic acid groups (broad SMARTS) is 1. The fourth-order valence-corrected chi connectivity index (χ4v) is 3.39. The van der Waals surface area contributed by atoms with Gasteiger partial charge in [0.05, 0.1) is 22.3 Å². The highest BCUT2D eigenvalue weighted by atomic mass is 79.9.